The van der Waals surface area contributed by atoms with Gasteiger partial charge in [0.1, 0.15) is 0 Å². The predicted octanol–water partition coefficient (Wildman–Crippen LogP) is 1.43. The molecule has 0 aromatic rings. The van der Waals surface area contributed by atoms with Crippen molar-refractivity contribution in [2.45, 2.75) is 32.8 Å². The van der Waals surface area contributed by atoms with Crippen molar-refractivity contribution in [1.82, 2.24) is 5.32 Å². The van der Waals surface area contributed by atoms with E-state index in [4.69, 9.17) is 9.47 Å². The van der Waals surface area contributed by atoms with E-state index < -0.39 is 0 Å². The first kappa shape index (κ1) is 12.9. The van der Waals surface area contributed by atoms with Gasteiger partial charge >= 0.3 is 0 Å². The molecular formula is C10H23NO2. The molecule has 0 aliphatic carbocycles. The quantitative estimate of drug-likeness (QED) is 0.557. The van der Waals surface area contributed by atoms with Gasteiger partial charge in [0.2, 0.25) is 0 Å². The Balaban J connectivity index is 3.05. The van der Waals surface area contributed by atoms with Gasteiger partial charge in [0, 0.05) is 26.8 Å². The van der Waals surface area contributed by atoms with Crippen LogP contribution in [0, 0.1) is 0 Å². The molecule has 0 aliphatic heterocycles. The summed E-state index contributed by atoms with van der Waals surface area (Å²) >= 11 is 0. The lowest BCUT2D eigenvalue weighted by Crippen LogP contribution is -2.29. The monoisotopic (exact) mass is 189 g/mol. The molecular weight excluding hydrogens is 166 g/mol. The summed E-state index contributed by atoms with van der Waals surface area (Å²) in [5.74, 6) is 0. The van der Waals surface area contributed by atoms with E-state index in [1.807, 2.05) is 0 Å². The molecule has 3 nitrogen and oxygen atoms in total. The Hall–Kier alpha value is -0.120. The van der Waals surface area contributed by atoms with E-state index in [-0.39, 0.29) is 0 Å². The van der Waals surface area contributed by atoms with Crippen molar-refractivity contribution in [3.63, 3.8) is 0 Å². The van der Waals surface area contributed by atoms with E-state index in [0.29, 0.717) is 6.10 Å². The molecule has 0 heterocycles. The highest BCUT2D eigenvalue weighted by Crippen LogP contribution is 1.93. The zero-order valence-electron chi connectivity index (χ0n) is 9.14. The van der Waals surface area contributed by atoms with Crippen molar-refractivity contribution in [2.24, 2.45) is 0 Å². The van der Waals surface area contributed by atoms with Gasteiger partial charge in [-0.15, -0.1) is 0 Å². The Bertz CT molecular complexity index is 98.9. The Morgan fingerprint density at radius 2 is 2.08 bits per heavy atom. The van der Waals surface area contributed by atoms with Crippen LogP contribution in [-0.2, 0) is 9.47 Å². The molecule has 0 amide bonds. The Morgan fingerprint density at radius 1 is 1.31 bits per heavy atom. The highest BCUT2D eigenvalue weighted by Gasteiger charge is 1.99. The summed E-state index contributed by atoms with van der Waals surface area (Å²) in [4.78, 5) is 0. The van der Waals surface area contributed by atoms with E-state index in [9.17, 15) is 0 Å². The number of methoxy groups -OCH3 is 1. The van der Waals surface area contributed by atoms with Gasteiger partial charge in [-0.1, -0.05) is 13.3 Å². The van der Waals surface area contributed by atoms with Crippen LogP contribution >= 0.6 is 0 Å². The smallest absolute Gasteiger partial charge is 0.0671 e. The van der Waals surface area contributed by atoms with Gasteiger partial charge in [0.05, 0.1) is 12.7 Å². The van der Waals surface area contributed by atoms with Gasteiger partial charge in [-0.3, -0.25) is 0 Å². The zero-order chi connectivity index (χ0) is 9.94. The molecule has 0 bridgehead atoms. The summed E-state index contributed by atoms with van der Waals surface area (Å²) in [5, 5.41) is 3.26. The average molecular weight is 189 g/mol. The fraction of sp³-hybridized carbons (Fsp3) is 1.00. The minimum atomic E-state index is 0.309. The molecule has 0 aromatic carbocycles. The molecule has 0 spiro atoms. The molecule has 0 aromatic heterocycles. The third kappa shape index (κ3) is 9.80. The van der Waals surface area contributed by atoms with Gasteiger partial charge in [-0.25, -0.2) is 0 Å². The second-order valence-corrected chi connectivity index (χ2v) is 3.23. The highest BCUT2D eigenvalue weighted by molar-refractivity contribution is 4.54. The summed E-state index contributed by atoms with van der Waals surface area (Å²) in [6.45, 7) is 7.72. The minimum absolute atomic E-state index is 0.309. The summed E-state index contributed by atoms with van der Waals surface area (Å²) in [6.07, 6.45) is 2.66. The minimum Gasteiger partial charge on any atom is -0.383 e. The molecule has 0 radical (unpaired) electrons. The first-order chi connectivity index (χ1) is 6.31. The zero-order valence-corrected chi connectivity index (χ0v) is 9.14. The fourth-order valence-electron chi connectivity index (χ4n) is 0.967. The number of ether oxygens (including phenoxy) is 2. The second-order valence-electron chi connectivity index (χ2n) is 3.23. The summed E-state index contributed by atoms with van der Waals surface area (Å²) in [7, 11) is 1.71. The van der Waals surface area contributed by atoms with Gasteiger partial charge in [0.15, 0.2) is 0 Å². The third-order valence-corrected chi connectivity index (χ3v) is 1.82. The average Bonchev–Trinajstić information content (AvgIpc) is 2.13. The van der Waals surface area contributed by atoms with E-state index >= 15 is 0 Å². The normalized spacial score (nSPS) is 13.2. The molecule has 0 rings (SSSR count). The first-order valence-corrected chi connectivity index (χ1v) is 5.12. The van der Waals surface area contributed by atoms with Crippen LogP contribution in [0.4, 0.5) is 0 Å². The van der Waals surface area contributed by atoms with Crippen LogP contribution in [0.5, 0.6) is 0 Å². The number of hydrogen-bond acceptors (Lipinski definition) is 3. The van der Waals surface area contributed by atoms with Crippen LogP contribution < -0.4 is 5.32 Å². The van der Waals surface area contributed by atoms with E-state index in [2.05, 4.69) is 19.2 Å². The lowest BCUT2D eigenvalue weighted by Gasteiger charge is -2.13. The Morgan fingerprint density at radius 3 is 2.69 bits per heavy atom. The number of nitrogens with one attached hydrogen (secondary N) is 1. The van der Waals surface area contributed by atoms with Crippen LogP contribution in [0.2, 0.25) is 0 Å². The van der Waals surface area contributed by atoms with Crippen molar-refractivity contribution in [3.05, 3.63) is 0 Å². The van der Waals surface area contributed by atoms with Gasteiger partial charge in [-0.2, -0.15) is 0 Å². The van der Waals surface area contributed by atoms with Crippen LogP contribution in [0.15, 0.2) is 0 Å². The van der Waals surface area contributed by atoms with E-state index in [0.717, 1.165) is 32.7 Å². The maximum Gasteiger partial charge on any atom is 0.0671 e. The van der Waals surface area contributed by atoms with Crippen LogP contribution in [0.3, 0.4) is 0 Å². The third-order valence-electron chi connectivity index (χ3n) is 1.82. The summed E-state index contributed by atoms with van der Waals surface area (Å²) in [6, 6.07) is 0. The Kier molecular flexibility index (Phi) is 9.87. The second kappa shape index (κ2) is 9.96. The van der Waals surface area contributed by atoms with E-state index in [1.165, 1.54) is 6.42 Å². The molecule has 0 saturated carbocycles. The standard InChI is InChI=1S/C10H23NO2/c1-4-5-7-13-10(2)9-11-6-8-12-3/h10-11H,4-9H2,1-3H3. The molecule has 1 atom stereocenters. The maximum atomic E-state index is 5.56. The molecule has 1 unspecified atom stereocenters. The highest BCUT2D eigenvalue weighted by atomic mass is 16.5. The molecule has 3 heteroatoms. The fourth-order valence-corrected chi connectivity index (χ4v) is 0.967. The lowest BCUT2D eigenvalue weighted by atomic mass is 10.3. The van der Waals surface area contributed by atoms with Crippen molar-refractivity contribution < 1.29 is 9.47 Å². The molecule has 0 aliphatic rings. The van der Waals surface area contributed by atoms with Crippen molar-refractivity contribution in [3.8, 4) is 0 Å². The van der Waals surface area contributed by atoms with Crippen LogP contribution in [0.1, 0.15) is 26.7 Å². The molecule has 80 valence electrons. The number of unbranched alkanes of at least 4 members (excludes halogenated alkanes) is 1. The largest absolute Gasteiger partial charge is 0.383 e. The summed E-state index contributed by atoms with van der Waals surface area (Å²) in [5.41, 5.74) is 0. The topological polar surface area (TPSA) is 30.5 Å². The summed E-state index contributed by atoms with van der Waals surface area (Å²) < 4.78 is 10.5. The van der Waals surface area contributed by atoms with Crippen LogP contribution in [-0.4, -0.2) is 39.5 Å². The van der Waals surface area contributed by atoms with Gasteiger partial charge in [-0.05, 0) is 13.3 Å². The molecule has 0 fully saturated rings. The van der Waals surface area contributed by atoms with E-state index in [1.54, 1.807) is 7.11 Å². The lowest BCUT2D eigenvalue weighted by molar-refractivity contribution is 0.0626. The Labute approximate surface area is 81.8 Å². The SMILES string of the molecule is CCCCOC(C)CNCCOC. The maximum absolute atomic E-state index is 5.56. The molecule has 1 N–H and O–H groups in total. The molecule has 13 heavy (non-hydrogen) atoms. The van der Waals surface area contributed by atoms with Crippen molar-refractivity contribution >= 4 is 0 Å². The van der Waals surface area contributed by atoms with Crippen molar-refractivity contribution in [1.29, 1.82) is 0 Å². The van der Waals surface area contributed by atoms with Gasteiger partial charge in [0.25, 0.3) is 0 Å². The molecule has 0 saturated heterocycles. The number of hydrogen-bond donors (Lipinski definition) is 1. The van der Waals surface area contributed by atoms with Crippen molar-refractivity contribution in [2.75, 3.05) is 33.4 Å². The first-order valence-electron chi connectivity index (χ1n) is 5.12. The van der Waals surface area contributed by atoms with Crippen LogP contribution in [0.25, 0.3) is 0 Å². The van der Waals surface area contributed by atoms with Gasteiger partial charge < -0.3 is 14.8 Å². The predicted molar refractivity (Wildman–Crippen MR) is 55.1 cm³/mol. The number of rotatable bonds is 9.